The molecule has 1 aromatic heterocycles. The number of rotatable bonds is 4. The summed E-state index contributed by atoms with van der Waals surface area (Å²) < 4.78 is 0. The van der Waals surface area contributed by atoms with Crippen LogP contribution in [0.2, 0.25) is 0 Å². The second-order valence-corrected chi connectivity index (χ2v) is 7.64. The van der Waals surface area contributed by atoms with Gasteiger partial charge in [-0.05, 0) is 24.3 Å². The number of carbonyl (C=O) groups is 1. The molecule has 3 heterocycles. The first kappa shape index (κ1) is 18.6. The van der Waals surface area contributed by atoms with Crippen molar-refractivity contribution in [2.24, 2.45) is 11.8 Å². The number of hydrogen-bond donors (Lipinski definition) is 0. The fourth-order valence-corrected chi connectivity index (χ4v) is 3.97. The molecule has 8 nitrogen and oxygen atoms in total. The number of aromatic nitrogens is 1. The lowest BCUT2D eigenvalue weighted by atomic mass is 9.92. The van der Waals surface area contributed by atoms with Crippen LogP contribution in [0.5, 0.6) is 0 Å². The number of pyridine rings is 1. The van der Waals surface area contributed by atoms with Crippen LogP contribution in [0.15, 0.2) is 18.3 Å². The SMILES string of the molecule is CC1CC(C)CN(C(=O)CN2CCN(c3ccc([N+](=O)[O-])cn3)CC2)C1. The summed E-state index contributed by atoms with van der Waals surface area (Å²) >= 11 is 0. The lowest BCUT2D eigenvalue weighted by molar-refractivity contribution is -0.385. The lowest BCUT2D eigenvalue weighted by Crippen LogP contribution is -2.52. The molecule has 0 aromatic carbocycles. The van der Waals surface area contributed by atoms with E-state index in [1.165, 1.54) is 18.7 Å². The van der Waals surface area contributed by atoms with Gasteiger partial charge in [0.1, 0.15) is 12.0 Å². The molecule has 0 N–H and O–H groups in total. The van der Waals surface area contributed by atoms with Gasteiger partial charge in [0.15, 0.2) is 0 Å². The largest absolute Gasteiger partial charge is 0.354 e. The summed E-state index contributed by atoms with van der Waals surface area (Å²) in [6, 6.07) is 3.17. The van der Waals surface area contributed by atoms with E-state index in [4.69, 9.17) is 0 Å². The third-order valence-corrected chi connectivity index (χ3v) is 5.22. The second-order valence-electron chi connectivity index (χ2n) is 7.64. The quantitative estimate of drug-likeness (QED) is 0.599. The van der Waals surface area contributed by atoms with Gasteiger partial charge >= 0.3 is 0 Å². The Balaban J connectivity index is 1.49. The third-order valence-electron chi connectivity index (χ3n) is 5.22. The number of hydrogen-bond acceptors (Lipinski definition) is 6. The second kappa shape index (κ2) is 7.99. The molecule has 26 heavy (non-hydrogen) atoms. The summed E-state index contributed by atoms with van der Waals surface area (Å²) in [5.41, 5.74) is 0.00275. The molecule has 0 bridgehead atoms. The maximum atomic E-state index is 12.6. The molecule has 2 unspecified atom stereocenters. The van der Waals surface area contributed by atoms with Crippen LogP contribution in [0, 0.1) is 22.0 Å². The molecule has 1 amide bonds. The minimum atomic E-state index is -0.442. The van der Waals surface area contributed by atoms with Gasteiger partial charge < -0.3 is 9.80 Å². The average molecular weight is 361 g/mol. The summed E-state index contributed by atoms with van der Waals surface area (Å²) in [6.07, 6.45) is 2.49. The Morgan fingerprint density at radius 2 is 1.85 bits per heavy atom. The Hall–Kier alpha value is -2.22. The van der Waals surface area contributed by atoms with Crippen LogP contribution in [0.1, 0.15) is 20.3 Å². The van der Waals surface area contributed by atoms with Crippen LogP contribution in [0.4, 0.5) is 11.5 Å². The molecular weight excluding hydrogens is 334 g/mol. The van der Waals surface area contributed by atoms with E-state index in [2.05, 4.69) is 28.6 Å². The van der Waals surface area contributed by atoms with Gasteiger partial charge in [-0.25, -0.2) is 4.98 Å². The molecule has 2 aliphatic rings. The Kier molecular flexibility index (Phi) is 5.70. The average Bonchev–Trinajstić information content (AvgIpc) is 2.61. The number of piperidine rings is 1. The summed E-state index contributed by atoms with van der Waals surface area (Å²) in [5, 5.41) is 10.7. The first-order valence-electron chi connectivity index (χ1n) is 9.28. The number of piperazine rings is 1. The standard InChI is InChI=1S/C18H27N5O3/c1-14-9-15(2)12-22(11-14)18(24)13-20-5-7-21(8-6-20)17-4-3-16(10-19-17)23(25)26/h3-4,10,14-15H,5-9,11-13H2,1-2H3. The summed E-state index contributed by atoms with van der Waals surface area (Å²) in [6.45, 7) is 9.77. The number of nitro groups is 1. The monoisotopic (exact) mass is 361 g/mol. The zero-order valence-corrected chi connectivity index (χ0v) is 15.5. The van der Waals surface area contributed by atoms with Gasteiger partial charge in [-0.2, -0.15) is 0 Å². The van der Waals surface area contributed by atoms with Crippen LogP contribution < -0.4 is 4.90 Å². The van der Waals surface area contributed by atoms with E-state index in [9.17, 15) is 14.9 Å². The first-order valence-corrected chi connectivity index (χ1v) is 9.28. The number of amides is 1. The van der Waals surface area contributed by atoms with Crippen molar-refractivity contribution < 1.29 is 9.72 Å². The molecule has 2 aliphatic heterocycles. The van der Waals surface area contributed by atoms with E-state index in [0.717, 1.165) is 45.1 Å². The molecule has 0 saturated carbocycles. The smallest absolute Gasteiger partial charge is 0.287 e. The van der Waals surface area contributed by atoms with E-state index in [0.29, 0.717) is 18.4 Å². The maximum Gasteiger partial charge on any atom is 0.287 e. The molecule has 2 atom stereocenters. The Morgan fingerprint density at radius 3 is 2.38 bits per heavy atom. The predicted octanol–water partition coefficient (Wildman–Crippen LogP) is 1.62. The van der Waals surface area contributed by atoms with Crippen molar-refractivity contribution in [2.75, 3.05) is 50.7 Å². The summed E-state index contributed by atoms with van der Waals surface area (Å²) in [7, 11) is 0. The van der Waals surface area contributed by atoms with Gasteiger partial charge in [-0.3, -0.25) is 19.8 Å². The van der Waals surface area contributed by atoms with Gasteiger partial charge in [0, 0.05) is 45.3 Å². The topological polar surface area (TPSA) is 82.8 Å². The molecule has 3 rings (SSSR count). The fraction of sp³-hybridized carbons (Fsp3) is 0.667. The molecule has 0 spiro atoms. The highest BCUT2D eigenvalue weighted by atomic mass is 16.6. The molecule has 8 heteroatoms. The Labute approximate surface area is 153 Å². The van der Waals surface area contributed by atoms with Crippen molar-refractivity contribution in [3.05, 3.63) is 28.4 Å². The molecule has 2 fully saturated rings. The number of carbonyl (C=O) groups excluding carboxylic acids is 1. The van der Waals surface area contributed by atoms with Gasteiger partial charge in [0.05, 0.1) is 11.5 Å². The molecule has 0 radical (unpaired) electrons. The van der Waals surface area contributed by atoms with Crippen molar-refractivity contribution >= 4 is 17.4 Å². The first-order chi connectivity index (χ1) is 12.4. The minimum absolute atomic E-state index is 0.00275. The van der Waals surface area contributed by atoms with Crippen molar-refractivity contribution in [2.45, 2.75) is 20.3 Å². The van der Waals surface area contributed by atoms with E-state index < -0.39 is 4.92 Å². The predicted molar refractivity (Wildman–Crippen MR) is 99.1 cm³/mol. The highest BCUT2D eigenvalue weighted by molar-refractivity contribution is 5.78. The van der Waals surface area contributed by atoms with Gasteiger partial charge in [0.25, 0.3) is 5.69 Å². The minimum Gasteiger partial charge on any atom is -0.354 e. The van der Waals surface area contributed by atoms with Crippen LogP contribution in [0.3, 0.4) is 0 Å². The van der Waals surface area contributed by atoms with E-state index in [1.807, 2.05) is 4.90 Å². The maximum absolute atomic E-state index is 12.6. The zero-order chi connectivity index (χ0) is 18.7. The van der Waals surface area contributed by atoms with Crippen molar-refractivity contribution in [1.29, 1.82) is 0 Å². The van der Waals surface area contributed by atoms with E-state index in [1.54, 1.807) is 6.07 Å². The Bertz CT molecular complexity index is 633. The highest BCUT2D eigenvalue weighted by Gasteiger charge is 2.27. The molecule has 2 saturated heterocycles. The molecule has 1 aromatic rings. The number of nitrogens with zero attached hydrogens (tertiary/aromatic N) is 5. The van der Waals surface area contributed by atoms with Crippen LogP contribution in [-0.2, 0) is 4.79 Å². The van der Waals surface area contributed by atoms with E-state index in [-0.39, 0.29) is 11.6 Å². The van der Waals surface area contributed by atoms with Gasteiger partial charge in [0.2, 0.25) is 5.91 Å². The van der Waals surface area contributed by atoms with Crippen molar-refractivity contribution in [1.82, 2.24) is 14.8 Å². The Morgan fingerprint density at radius 1 is 1.19 bits per heavy atom. The van der Waals surface area contributed by atoms with Crippen LogP contribution >= 0.6 is 0 Å². The molecular formula is C18H27N5O3. The van der Waals surface area contributed by atoms with Crippen LogP contribution in [-0.4, -0.2) is 71.4 Å². The summed E-state index contributed by atoms with van der Waals surface area (Å²) in [5.74, 6) is 2.13. The third kappa shape index (κ3) is 4.49. The molecule has 142 valence electrons. The van der Waals surface area contributed by atoms with Crippen molar-refractivity contribution in [3.63, 3.8) is 0 Å². The highest BCUT2D eigenvalue weighted by Crippen LogP contribution is 2.21. The lowest BCUT2D eigenvalue weighted by Gasteiger charge is -2.38. The normalized spacial score (nSPS) is 24.5. The zero-order valence-electron chi connectivity index (χ0n) is 15.5. The number of likely N-dealkylation sites (tertiary alicyclic amines) is 1. The fourth-order valence-electron chi connectivity index (χ4n) is 3.97. The number of anilines is 1. The van der Waals surface area contributed by atoms with E-state index >= 15 is 0 Å². The van der Waals surface area contributed by atoms with Gasteiger partial charge in [-0.15, -0.1) is 0 Å². The molecule has 0 aliphatic carbocycles. The van der Waals surface area contributed by atoms with Crippen molar-refractivity contribution in [3.8, 4) is 0 Å². The van der Waals surface area contributed by atoms with Gasteiger partial charge in [-0.1, -0.05) is 13.8 Å². The van der Waals surface area contributed by atoms with Crippen LogP contribution in [0.25, 0.3) is 0 Å². The summed E-state index contributed by atoms with van der Waals surface area (Å²) in [4.78, 5) is 33.4.